The van der Waals surface area contributed by atoms with E-state index < -0.39 is 33.6 Å². The van der Waals surface area contributed by atoms with Crippen molar-refractivity contribution in [1.82, 2.24) is 0 Å². The van der Waals surface area contributed by atoms with Gasteiger partial charge in [0.25, 0.3) is 5.91 Å². The second-order valence-electron chi connectivity index (χ2n) is 7.18. The Morgan fingerprint density at radius 3 is 2.39 bits per heavy atom. The standard InChI is InChI=1S/C23H15Cl2NO6S/c1-12(22(28)26-17-7-4-6-16(24)20(17)25)32-23(29)13-9-10-15-19(11-13)33(30,31)18-8-3-2-5-14(18)21(15)27/h2-12H,1H3,(H,26,28). The van der Waals surface area contributed by atoms with Crippen molar-refractivity contribution in [3.05, 3.63) is 87.4 Å². The van der Waals surface area contributed by atoms with Crippen molar-refractivity contribution in [3.63, 3.8) is 0 Å². The monoisotopic (exact) mass is 503 g/mol. The molecule has 0 radical (unpaired) electrons. The van der Waals surface area contributed by atoms with Crippen molar-refractivity contribution in [2.75, 3.05) is 5.32 Å². The molecule has 0 bridgehead atoms. The van der Waals surface area contributed by atoms with E-state index in [4.69, 9.17) is 27.9 Å². The number of ether oxygens (including phenoxy) is 1. The van der Waals surface area contributed by atoms with Gasteiger partial charge in [0.1, 0.15) is 0 Å². The van der Waals surface area contributed by atoms with E-state index in [1.165, 1.54) is 43.3 Å². The molecule has 1 N–H and O–H groups in total. The highest BCUT2D eigenvalue weighted by Crippen LogP contribution is 2.35. The number of sulfone groups is 1. The van der Waals surface area contributed by atoms with Gasteiger partial charge in [-0.1, -0.05) is 41.4 Å². The van der Waals surface area contributed by atoms with E-state index in [2.05, 4.69) is 5.32 Å². The molecular formula is C23H15Cl2NO6S. The van der Waals surface area contributed by atoms with Crippen LogP contribution in [0.5, 0.6) is 0 Å². The molecule has 1 aliphatic rings. The molecule has 0 saturated carbocycles. The highest BCUT2D eigenvalue weighted by molar-refractivity contribution is 7.91. The topological polar surface area (TPSA) is 107 Å². The third kappa shape index (κ3) is 4.13. The molecule has 4 rings (SSSR count). The number of esters is 1. The maximum absolute atomic E-state index is 13.0. The maximum atomic E-state index is 13.0. The quantitative estimate of drug-likeness (QED) is 0.409. The lowest BCUT2D eigenvalue weighted by molar-refractivity contribution is -0.123. The van der Waals surface area contributed by atoms with Gasteiger partial charge in [-0.2, -0.15) is 0 Å². The molecule has 0 aromatic heterocycles. The van der Waals surface area contributed by atoms with Crippen LogP contribution in [0, 0.1) is 0 Å². The summed E-state index contributed by atoms with van der Waals surface area (Å²) < 4.78 is 31.2. The zero-order valence-electron chi connectivity index (χ0n) is 17.0. The van der Waals surface area contributed by atoms with E-state index in [1.54, 1.807) is 18.2 Å². The predicted octanol–water partition coefficient (Wildman–Crippen LogP) is 4.55. The van der Waals surface area contributed by atoms with E-state index in [1.807, 2.05) is 0 Å². The third-order valence-corrected chi connectivity index (χ3v) is 7.71. The Balaban J connectivity index is 1.56. The van der Waals surface area contributed by atoms with Crippen LogP contribution in [0.3, 0.4) is 0 Å². The molecule has 1 atom stereocenters. The van der Waals surface area contributed by atoms with E-state index >= 15 is 0 Å². The number of benzene rings is 3. The lowest BCUT2D eigenvalue weighted by atomic mass is 10.0. The minimum Gasteiger partial charge on any atom is -0.449 e. The van der Waals surface area contributed by atoms with Crippen molar-refractivity contribution in [2.45, 2.75) is 22.8 Å². The summed E-state index contributed by atoms with van der Waals surface area (Å²) in [5, 5.41) is 2.89. The van der Waals surface area contributed by atoms with Gasteiger partial charge < -0.3 is 10.1 Å². The first kappa shape index (κ1) is 23.0. The van der Waals surface area contributed by atoms with Gasteiger partial charge >= 0.3 is 5.97 Å². The van der Waals surface area contributed by atoms with Crippen molar-refractivity contribution < 1.29 is 27.5 Å². The van der Waals surface area contributed by atoms with Gasteiger partial charge in [0.05, 0.1) is 31.1 Å². The average Bonchev–Trinajstić information content (AvgIpc) is 2.80. The first-order valence-electron chi connectivity index (χ1n) is 9.60. The highest BCUT2D eigenvalue weighted by atomic mass is 35.5. The molecule has 10 heteroatoms. The van der Waals surface area contributed by atoms with Crippen molar-refractivity contribution >= 4 is 56.4 Å². The summed E-state index contributed by atoms with van der Waals surface area (Å²) in [4.78, 5) is 37.4. The maximum Gasteiger partial charge on any atom is 0.338 e. The number of fused-ring (bicyclic) bond motifs is 2. The Morgan fingerprint density at radius 1 is 0.939 bits per heavy atom. The molecule has 0 spiro atoms. The minimum absolute atomic E-state index is 0.0355. The van der Waals surface area contributed by atoms with Crippen LogP contribution in [-0.4, -0.2) is 32.2 Å². The lowest BCUT2D eigenvalue weighted by Crippen LogP contribution is -2.30. The molecule has 3 aromatic rings. The van der Waals surface area contributed by atoms with Crippen LogP contribution in [0.25, 0.3) is 0 Å². The zero-order valence-corrected chi connectivity index (χ0v) is 19.3. The molecule has 1 heterocycles. The Bertz CT molecular complexity index is 1430. The smallest absolute Gasteiger partial charge is 0.338 e. The van der Waals surface area contributed by atoms with Crippen LogP contribution in [0.1, 0.15) is 33.2 Å². The minimum atomic E-state index is -4.02. The van der Waals surface area contributed by atoms with Gasteiger partial charge in [0.15, 0.2) is 11.9 Å². The van der Waals surface area contributed by atoms with Crippen LogP contribution in [0.4, 0.5) is 5.69 Å². The Labute approximate surface area is 199 Å². The van der Waals surface area contributed by atoms with E-state index in [9.17, 15) is 22.8 Å². The van der Waals surface area contributed by atoms with Crippen LogP contribution < -0.4 is 5.32 Å². The number of carbonyl (C=O) groups excluding carboxylic acids is 3. The molecule has 168 valence electrons. The average molecular weight is 504 g/mol. The number of ketones is 1. The zero-order chi connectivity index (χ0) is 23.9. The molecule has 1 aliphatic heterocycles. The van der Waals surface area contributed by atoms with E-state index in [-0.39, 0.29) is 42.2 Å². The first-order valence-corrected chi connectivity index (χ1v) is 11.8. The summed E-state index contributed by atoms with van der Waals surface area (Å²) in [5.41, 5.74) is 0.163. The number of rotatable bonds is 4. The highest BCUT2D eigenvalue weighted by Gasteiger charge is 2.35. The number of halogens is 2. The normalized spacial score (nSPS) is 14.6. The largest absolute Gasteiger partial charge is 0.449 e. The number of amides is 1. The van der Waals surface area contributed by atoms with E-state index in [0.717, 1.165) is 6.07 Å². The summed E-state index contributed by atoms with van der Waals surface area (Å²) in [6.07, 6.45) is -1.23. The second-order valence-corrected chi connectivity index (χ2v) is 9.85. The molecular weight excluding hydrogens is 489 g/mol. The van der Waals surface area contributed by atoms with E-state index in [0.29, 0.717) is 0 Å². The number of carbonyl (C=O) groups is 3. The molecule has 7 nitrogen and oxygen atoms in total. The summed E-state index contributed by atoms with van der Waals surface area (Å²) in [6, 6.07) is 14.2. The van der Waals surface area contributed by atoms with Crippen molar-refractivity contribution in [3.8, 4) is 0 Å². The SMILES string of the molecule is CC(OC(=O)c1ccc2c(c1)S(=O)(=O)c1ccccc1C2=O)C(=O)Nc1cccc(Cl)c1Cl. The summed E-state index contributed by atoms with van der Waals surface area (Å²) in [5.74, 6) is -2.05. The Hall–Kier alpha value is -3.20. The molecule has 1 amide bonds. The number of anilines is 1. The number of hydrogen-bond acceptors (Lipinski definition) is 6. The first-order chi connectivity index (χ1) is 15.6. The number of hydrogen-bond donors (Lipinski definition) is 1. The molecule has 33 heavy (non-hydrogen) atoms. The van der Waals surface area contributed by atoms with Crippen LogP contribution in [0.15, 0.2) is 70.5 Å². The summed E-state index contributed by atoms with van der Waals surface area (Å²) >= 11 is 12.0. The fourth-order valence-corrected chi connectivity index (χ4v) is 5.35. The van der Waals surface area contributed by atoms with Gasteiger partial charge in [0, 0.05) is 11.1 Å². The van der Waals surface area contributed by atoms with Gasteiger partial charge in [-0.15, -0.1) is 0 Å². The van der Waals surface area contributed by atoms with Gasteiger partial charge in [-0.25, -0.2) is 13.2 Å². The van der Waals surface area contributed by atoms with Crippen LogP contribution in [-0.2, 0) is 19.4 Å². The molecule has 0 fully saturated rings. The third-order valence-electron chi connectivity index (χ3n) is 5.04. The fourth-order valence-electron chi connectivity index (χ4n) is 3.33. The fraction of sp³-hybridized carbons (Fsp3) is 0.0870. The molecule has 0 aliphatic carbocycles. The van der Waals surface area contributed by atoms with Gasteiger partial charge in [-0.05, 0) is 49.4 Å². The van der Waals surface area contributed by atoms with Crippen molar-refractivity contribution in [1.29, 1.82) is 0 Å². The Morgan fingerprint density at radius 2 is 1.64 bits per heavy atom. The predicted molar refractivity (Wildman–Crippen MR) is 122 cm³/mol. The number of nitrogens with one attached hydrogen (secondary N) is 1. The van der Waals surface area contributed by atoms with Gasteiger partial charge in [-0.3, -0.25) is 9.59 Å². The van der Waals surface area contributed by atoms with Gasteiger partial charge in [0.2, 0.25) is 9.84 Å². The molecule has 1 unspecified atom stereocenters. The Kier molecular flexibility index (Phi) is 6.00. The molecule has 3 aromatic carbocycles. The van der Waals surface area contributed by atoms with Crippen LogP contribution >= 0.6 is 23.2 Å². The lowest BCUT2D eigenvalue weighted by Gasteiger charge is -2.19. The molecule has 0 saturated heterocycles. The summed E-state index contributed by atoms with van der Waals surface area (Å²) in [6.45, 7) is 1.35. The van der Waals surface area contributed by atoms with Crippen molar-refractivity contribution in [2.24, 2.45) is 0 Å². The second kappa shape index (κ2) is 8.62. The van der Waals surface area contributed by atoms with Crippen LogP contribution in [0.2, 0.25) is 10.0 Å². The summed E-state index contributed by atoms with van der Waals surface area (Å²) in [7, 11) is -4.02.